The number of benzene rings is 2. The number of carbonyl (C=O) groups is 2. The van der Waals surface area contributed by atoms with E-state index < -0.39 is 0 Å². The zero-order valence-corrected chi connectivity index (χ0v) is 13.1. The van der Waals surface area contributed by atoms with Crippen molar-refractivity contribution in [2.75, 3.05) is 24.8 Å². The van der Waals surface area contributed by atoms with Crippen LogP contribution in [-0.2, 0) is 11.3 Å². The van der Waals surface area contributed by atoms with Crippen LogP contribution in [0.4, 0.5) is 16.2 Å². The predicted molar refractivity (Wildman–Crippen MR) is 89.6 cm³/mol. The highest BCUT2D eigenvalue weighted by Gasteiger charge is 2.07. The molecule has 6 nitrogen and oxygen atoms in total. The van der Waals surface area contributed by atoms with Gasteiger partial charge in [0.1, 0.15) is 0 Å². The molecule has 0 unspecified atom stereocenters. The van der Waals surface area contributed by atoms with Gasteiger partial charge >= 0.3 is 6.03 Å². The summed E-state index contributed by atoms with van der Waals surface area (Å²) in [6.45, 7) is 0.459. The van der Waals surface area contributed by atoms with Crippen molar-refractivity contribution < 1.29 is 14.3 Å². The summed E-state index contributed by atoms with van der Waals surface area (Å²) in [6.07, 6.45) is 0. The van der Waals surface area contributed by atoms with Crippen LogP contribution >= 0.6 is 0 Å². The fraction of sp³-hybridized carbons (Fsp3) is 0.176. The van der Waals surface area contributed by atoms with Gasteiger partial charge < -0.3 is 20.7 Å². The zero-order chi connectivity index (χ0) is 16.7. The Morgan fingerprint density at radius 3 is 2.26 bits per heavy atom. The van der Waals surface area contributed by atoms with E-state index in [1.54, 1.807) is 50.6 Å². The molecule has 0 heterocycles. The number of hydrogen-bond donors (Lipinski definition) is 3. The van der Waals surface area contributed by atoms with E-state index in [1.807, 2.05) is 12.1 Å². The second-order valence-electron chi connectivity index (χ2n) is 4.87. The van der Waals surface area contributed by atoms with E-state index in [0.717, 1.165) is 5.56 Å². The first-order valence-corrected chi connectivity index (χ1v) is 7.10. The first kappa shape index (κ1) is 16.5. The molecule has 0 aliphatic heterocycles. The zero-order valence-electron chi connectivity index (χ0n) is 13.1. The van der Waals surface area contributed by atoms with Crippen LogP contribution in [0.3, 0.4) is 0 Å². The van der Waals surface area contributed by atoms with Crippen LogP contribution < -0.4 is 16.0 Å². The number of ether oxygens (including phenoxy) is 1. The number of carbonyl (C=O) groups excluding carboxylic acids is 2. The largest absolute Gasteiger partial charge is 0.380 e. The van der Waals surface area contributed by atoms with Crippen molar-refractivity contribution in [2.24, 2.45) is 0 Å². The third-order valence-corrected chi connectivity index (χ3v) is 3.13. The molecule has 120 valence electrons. The van der Waals surface area contributed by atoms with E-state index in [9.17, 15) is 9.59 Å². The lowest BCUT2D eigenvalue weighted by molar-refractivity contribution is 0.102. The van der Waals surface area contributed by atoms with Crippen molar-refractivity contribution in [3.63, 3.8) is 0 Å². The number of urea groups is 1. The van der Waals surface area contributed by atoms with Crippen LogP contribution in [0.15, 0.2) is 48.5 Å². The van der Waals surface area contributed by atoms with Gasteiger partial charge in [0.25, 0.3) is 5.91 Å². The van der Waals surface area contributed by atoms with Crippen LogP contribution in [0, 0.1) is 0 Å². The maximum atomic E-state index is 12.2. The minimum atomic E-state index is -0.295. The Labute approximate surface area is 134 Å². The van der Waals surface area contributed by atoms with Gasteiger partial charge in [0, 0.05) is 31.1 Å². The Balaban J connectivity index is 2.02. The van der Waals surface area contributed by atoms with Crippen molar-refractivity contribution in [3.05, 3.63) is 59.7 Å². The van der Waals surface area contributed by atoms with E-state index in [4.69, 9.17) is 4.74 Å². The summed E-state index contributed by atoms with van der Waals surface area (Å²) in [5, 5.41) is 7.93. The molecule has 0 fully saturated rings. The Morgan fingerprint density at radius 1 is 1.00 bits per heavy atom. The highest BCUT2D eigenvalue weighted by atomic mass is 16.5. The SMILES string of the molecule is CNC(=O)Nc1ccc(NC(=O)c2cccc(COC)c2)cc1. The van der Waals surface area contributed by atoms with Gasteiger partial charge in [0.05, 0.1) is 6.61 Å². The molecule has 0 saturated carbocycles. The number of anilines is 2. The topological polar surface area (TPSA) is 79.5 Å². The fourth-order valence-corrected chi connectivity index (χ4v) is 2.00. The number of hydrogen-bond acceptors (Lipinski definition) is 3. The summed E-state index contributed by atoms with van der Waals surface area (Å²) < 4.78 is 5.06. The molecule has 3 N–H and O–H groups in total. The Bertz CT molecular complexity index is 684. The summed E-state index contributed by atoms with van der Waals surface area (Å²) in [5.74, 6) is -0.199. The molecule has 6 heteroatoms. The molecule has 0 atom stereocenters. The lowest BCUT2D eigenvalue weighted by Crippen LogP contribution is -2.24. The fourth-order valence-electron chi connectivity index (χ4n) is 2.00. The van der Waals surface area contributed by atoms with Crippen molar-refractivity contribution in [1.29, 1.82) is 0 Å². The maximum Gasteiger partial charge on any atom is 0.318 e. The Kier molecular flexibility index (Phi) is 5.71. The molecular formula is C17H19N3O3. The van der Waals surface area contributed by atoms with E-state index in [2.05, 4.69) is 16.0 Å². The number of amides is 3. The third kappa shape index (κ3) is 4.82. The second kappa shape index (κ2) is 7.95. The predicted octanol–water partition coefficient (Wildman–Crippen LogP) is 2.84. The normalized spacial score (nSPS) is 10.0. The highest BCUT2D eigenvalue weighted by Crippen LogP contribution is 2.15. The molecular weight excluding hydrogens is 294 g/mol. The molecule has 2 aromatic rings. The molecule has 0 aliphatic rings. The second-order valence-corrected chi connectivity index (χ2v) is 4.87. The first-order valence-electron chi connectivity index (χ1n) is 7.10. The molecule has 0 radical (unpaired) electrons. The molecule has 0 bridgehead atoms. The summed E-state index contributed by atoms with van der Waals surface area (Å²) in [6, 6.07) is 13.8. The van der Waals surface area contributed by atoms with Crippen LogP contribution in [0.1, 0.15) is 15.9 Å². The smallest absolute Gasteiger partial charge is 0.318 e. The average molecular weight is 313 g/mol. The van der Waals surface area contributed by atoms with Crippen LogP contribution in [0.5, 0.6) is 0 Å². The van der Waals surface area contributed by atoms with E-state index in [0.29, 0.717) is 23.5 Å². The summed E-state index contributed by atoms with van der Waals surface area (Å²) in [7, 11) is 3.16. The number of nitrogens with one attached hydrogen (secondary N) is 3. The minimum absolute atomic E-state index is 0.199. The highest BCUT2D eigenvalue weighted by molar-refractivity contribution is 6.04. The van der Waals surface area contributed by atoms with Gasteiger partial charge in [-0.3, -0.25) is 4.79 Å². The molecule has 2 rings (SSSR count). The van der Waals surface area contributed by atoms with Gasteiger partial charge in [-0.05, 0) is 42.0 Å². The number of methoxy groups -OCH3 is 1. The van der Waals surface area contributed by atoms with Crippen LogP contribution in [0.25, 0.3) is 0 Å². The standard InChI is InChI=1S/C17H19N3O3/c1-18-17(22)20-15-8-6-14(7-9-15)19-16(21)13-5-3-4-12(10-13)11-23-2/h3-10H,11H2,1-2H3,(H,19,21)(H2,18,20,22). The van der Waals surface area contributed by atoms with Crippen LogP contribution in [0.2, 0.25) is 0 Å². The quantitative estimate of drug-likeness (QED) is 0.794. The van der Waals surface area contributed by atoms with E-state index in [1.165, 1.54) is 0 Å². The minimum Gasteiger partial charge on any atom is -0.380 e. The lowest BCUT2D eigenvalue weighted by atomic mass is 10.1. The van der Waals surface area contributed by atoms with Gasteiger partial charge in [-0.15, -0.1) is 0 Å². The first-order chi connectivity index (χ1) is 11.1. The van der Waals surface area contributed by atoms with Gasteiger partial charge in [-0.1, -0.05) is 12.1 Å². The molecule has 0 spiro atoms. The van der Waals surface area contributed by atoms with Gasteiger partial charge in [-0.2, -0.15) is 0 Å². The molecule has 0 aliphatic carbocycles. The van der Waals surface area contributed by atoms with E-state index >= 15 is 0 Å². The summed E-state index contributed by atoms with van der Waals surface area (Å²) in [4.78, 5) is 23.5. The van der Waals surface area contributed by atoms with Crippen LogP contribution in [-0.4, -0.2) is 26.1 Å². The summed E-state index contributed by atoms with van der Waals surface area (Å²) >= 11 is 0. The maximum absolute atomic E-state index is 12.2. The summed E-state index contributed by atoms with van der Waals surface area (Å²) in [5.41, 5.74) is 2.79. The average Bonchev–Trinajstić information content (AvgIpc) is 2.57. The van der Waals surface area contributed by atoms with Gasteiger partial charge in [0.2, 0.25) is 0 Å². The monoisotopic (exact) mass is 313 g/mol. The third-order valence-electron chi connectivity index (χ3n) is 3.13. The van der Waals surface area contributed by atoms with Crippen molar-refractivity contribution in [1.82, 2.24) is 5.32 Å². The molecule has 2 aromatic carbocycles. The molecule has 0 aromatic heterocycles. The Hall–Kier alpha value is -2.86. The lowest BCUT2D eigenvalue weighted by Gasteiger charge is -2.08. The molecule has 3 amide bonds. The van der Waals surface area contributed by atoms with Crippen molar-refractivity contribution >= 4 is 23.3 Å². The van der Waals surface area contributed by atoms with Crippen molar-refractivity contribution in [2.45, 2.75) is 6.61 Å². The van der Waals surface area contributed by atoms with Gasteiger partial charge in [-0.25, -0.2) is 4.79 Å². The van der Waals surface area contributed by atoms with Gasteiger partial charge in [0.15, 0.2) is 0 Å². The number of rotatable bonds is 5. The van der Waals surface area contributed by atoms with Crippen molar-refractivity contribution in [3.8, 4) is 0 Å². The molecule has 23 heavy (non-hydrogen) atoms. The Morgan fingerprint density at radius 2 is 1.65 bits per heavy atom. The van der Waals surface area contributed by atoms with E-state index in [-0.39, 0.29) is 11.9 Å². The molecule has 0 saturated heterocycles.